The molecule has 1 aliphatic carbocycles. The molecule has 1 aromatic rings. The smallest absolute Gasteiger partial charge is 0.323 e. The molecule has 3 N–H and O–H groups in total. The summed E-state index contributed by atoms with van der Waals surface area (Å²) in [6.45, 7) is 5.92. The lowest BCUT2D eigenvalue weighted by Gasteiger charge is -2.12. The molecule has 1 saturated carbocycles. The lowest BCUT2D eigenvalue weighted by Crippen LogP contribution is -2.23. The summed E-state index contributed by atoms with van der Waals surface area (Å²) >= 11 is 0. The zero-order valence-corrected chi connectivity index (χ0v) is 12.8. The van der Waals surface area contributed by atoms with Crippen molar-refractivity contribution in [1.82, 2.24) is 15.0 Å². The van der Waals surface area contributed by atoms with Crippen molar-refractivity contribution in [1.29, 1.82) is 0 Å². The Morgan fingerprint density at radius 1 is 1.14 bits per heavy atom. The lowest BCUT2D eigenvalue weighted by atomic mass is 10.2. The fraction of sp³-hybridized carbons (Fsp3) is 0.786. The number of aromatic nitrogens is 3. The second kappa shape index (κ2) is 7.97. The van der Waals surface area contributed by atoms with E-state index in [9.17, 15) is 5.11 Å². The minimum Gasteiger partial charge on any atom is -0.463 e. The Labute approximate surface area is 125 Å². The van der Waals surface area contributed by atoms with Crippen molar-refractivity contribution in [2.75, 3.05) is 30.3 Å². The van der Waals surface area contributed by atoms with Crippen LogP contribution in [0.3, 0.4) is 0 Å². The van der Waals surface area contributed by atoms with E-state index in [2.05, 4.69) is 32.5 Å². The van der Waals surface area contributed by atoms with Gasteiger partial charge in [0.15, 0.2) is 0 Å². The maximum Gasteiger partial charge on any atom is 0.323 e. The van der Waals surface area contributed by atoms with Crippen molar-refractivity contribution in [3.05, 3.63) is 0 Å². The summed E-state index contributed by atoms with van der Waals surface area (Å²) in [5.74, 6) is 1.36. The quantitative estimate of drug-likeness (QED) is 0.604. The van der Waals surface area contributed by atoms with Crippen LogP contribution >= 0.6 is 0 Å². The van der Waals surface area contributed by atoms with Crippen molar-refractivity contribution in [3.8, 4) is 6.01 Å². The number of hydrogen-bond acceptors (Lipinski definition) is 7. The highest BCUT2D eigenvalue weighted by Gasteiger charge is 2.29. The predicted octanol–water partition coefficient (Wildman–Crippen LogP) is 1.67. The van der Waals surface area contributed by atoms with E-state index in [1.165, 1.54) is 0 Å². The van der Waals surface area contributed by atoms with E-state index in [1.807, 2.05) is 6.92 Å². The van der Waals surface area contributed by atoms with Crippen LogP contribution in [0.5, 0.6) is 6.01 Å². The van der Waals surface area contributed by atoms with Gasteiger partial charge in [-0.05, 0) is 31.6 Å². The number of nitrogens with zero attached hydrogens (tertiary/aromatic N) is 3. The Bertz CT molecular complexity index is 413. The average Bonchev–Trinajstić information content (AvgIpc) is 3.33. The van der Waals surface area contributed by atoms with Gasteiger partial charge in [0.05, 0.1) is 12.7 Å². The first kappa shape index (κ1) is 15.8. The van der Waals surface area contributed by atoms with Gasteiger partial charge >= 0.3 is 6.01 Å². The number of aliphatic hydroxyl groups is 1. The van der Waals surface area contributed by atoms with Crippen LogP contribution in [0, 0.1) is 5.92 Å². The molecule has 0 aromatic carbocycles. The van der Waals surface area contributed by atoms with Crippen LogP contribution in [0.4, 0.5) is 11.9 Å². The molecule has 1 atom stereocenters. The number of nitrogens with one attached hydrogen (secondary N) is 2. The molecule has 0 saturated heterocycles. The standard InChI is InChI=1S/C14H25N5O2/c1-3-7-15-12-17-13(16-9-11(20)10-5-6-10)19-14(18-12)21-8-4-2/h10-11,20H,3-9H2,1-2H3,(H2,15,16,17,18,19). The first-order valence-electron chi connectivity index (χ1n) is 7.77. The van der Waals surface area contributed by atoms with Gasteiger partial charge in [0.1, 0.15) is 0 Å². The minimum absolute atomic E-state index is 0.314. The summed E-state index contributed by atoms with van der Waals surface area (Å²) in [5, 5.41) is 16.1. The molecule has 0 aliphatic heterocycles. The first-order chi connectivity index (χ1) is 10.2. The molecule has 2 rings (SSSR count). The third-order valence-electron chi connectivity index (χ3n) is 3.22. The van der Waals surface area contributed by atoms with Crippen LogP contribution in [0.15, 0.2) is 0 Å². The van der Waals surface area contributed by atoms with E-state index in [1.54, 1.807) is 0 Å². The molecule has 1 heterocycles. The maximum absolute atomic E-state index is 9.89. The Hall–Kier alpha value is -1.63. The molecule has 0 spiro atoms. The first-order valence-corrected chi connectivity index (χ1v) is 7.77. The summed E-state index contributed by atoms with van der Waals surface area (Å²) in [4.78, 5) is 12.7. The van der Waals surface area contributed by atoms with Crippen molar-refractivity contribution in [2.45, 2.75) is 45.6 Å². The van der Waals surface area contributed by atoms with Crippen LogP contribution < -0.4 is 15.4 Å². The van der Waals surface area contributed by atoms with E-state index in [0.717, 1.165) is 32.2 Å². The van der Waals surface area contributed by atoms with Crippen LogP contribution in [0.2, 0.25) is 0 Å². The molecule has 7 nitrogen and oxygen atoms in total. The van der Waals surface area contributed by atoms with Gasteiger partial charge in [-0.25, -0.2) is 0 Å². The van der Waals surface area contributed by atoms with Gasteiger partial charge in [-0.2, -0.15) is 15.0 Å². The average molecular weight is 295 g/mol. The third-order valence-corrected chi connectivity index (χ3v) is 3.22. The summed E-state index contributed by atoms with van der Waals surface area (Å²) in [6, 6.07) is 0.314. The van der Waals surface area contributed by atoms with Crippen molar-refractivity contribution in [2.24, 2.45) is 5.92 Å². The zero-order valence-electron chi connectivity index (χ0n) is 12.8. The topological polar surface area (TPSA) is 92.2 Å². The Kier molecular flexibility index (Phi) is 5.98. The van der Waals surface area contributed by atoms with E-state index in [0.29, 0.717) is 37.0 Å². The second-order valence-electron chi connectivity index (χ2n) is 5.33. The summed E-state index contributed by atoms with van der Waals surface area (Å²) < 4.78 is 5.48. The third kappa shape index (κ3) is 5.34. The molecule has 0 amide bonds. The van der Waals surface area contributed by atoms with Crippen molar-refractivity contribution >= 4 is 11.9 Å². The number of rotatable bonds is 10. The molecule has 21 heavy (non-hydrogen) atoms. The SMILES string of the molecule is CCCNc1nc(NCC(O)C2CC2)nc(OCCC)n1. The largest absolute Gasteiger partial charge is 0.463 e. The molecular weight excluding hydrogens is 270 g/mol. The van der Waals surface area contributed by atoms with Crippen LogP contribution in [0.25, 0.3) is 0 Å². The van der Waals surface area contributed by atoms with Crippen molar-refractivity contribution < 1.29 is 9.84 Å². The molecule has 1 aliphatic rings. The molecule has 1 aromatic heterocycles. The summed E-state index contributed by atoms with van der Waals surface area (Å²) in [5.41, 5.74) is 0. The van der Waals surface area contributed by atoms with Gasteiger partial charge < -0.3 is 20.5 Å². The molecule has 1 unspecified atom stereocenters. The van der Waals surface area contributed by atoms with Gasteiger partial charge in [0.2, 0.25) is 11.9 Å². The normalized spacial score (nSPS) is 15.6. The maximum atomic E-state index is 9.89. The Balaban J connectivity index is 1.98. The number of aliphatic hydroxyl groups excluding tert-OH is 1. The number of ether oxygens (including phenoxy) is 1. The zero-order chi connectivity index (χ0) is 15.1. The molecular formula is C14H25N5O2. The highest BCUT2D eigenvalue weighted by molar-refractivity contribution is 5.36. The molecule has 0 bridgehead atoms. The highest BCUT2D eigenvalue weighted by Crippen LogP contribution is 2.32. The van der Waals surface area contributed by atoms with Gasteiger partial charge in [-0.15, -0.1) is 0 Å². The molecule has 0 radical (unpaired) electrons. The van der Waals surface area contributed by atoms with Gasteiger partial charge in [0.25, 0.3) is 0 Å². The van der Waals surface area contributed by atoms with E-state index < -0.39 is 0 Å². The lowest BCUT2D eigenvalue weighted by molar-refractivity contribution is 0.164. The van der Waals surface area contributed by atoms with Crippen LogP contribution in [-0.4, -0.2) is 45.9 Å². The van der Waals surface area contributed by atoms with Crippen molar-refractivity contribution in [3.63, 3.8) is 0 Å². The summed E-state index contributed by atoms with van der Waals surface area (Å²) in [6.07, 6.45) is 3.75. The van der Waals surface area contributed by atoms with E-state index >= 15 is 0 Å². The summed E-state index contributed by atoms with van der Waals surface area (Å²) in [7, 11) is 0. The second-order valence-corrected chi connectivity index (χ2v) is 5.33. The van der Waals surface area contributed by atoms with E-state index in [-0.39, 0.29) is 6.10 Å². The van der Waals surface area contributed by atoms with Gasteiger partial charge in [-0.1, -0.05) is 13.8 Å². The fourth-order valence-electron chi connectivity index (χ4n) is 1.85. The fourth-order valence-corrected chi connectivity index (χ4v) is 1.85. The number of anilines is 2. The van der Waals surface area contributed by atoms with Gasteiger partial charge in [0, 0.05) is 13.1 Å². The van der Waals surface area contributed by atoms with Crippen LogP contribution in [0.1, 0.15) is 39.5 Å². The molecule has 1 fully saturated rings. The molecule has 7 heteroatoms. The van der Waals surface area contributed by atoms with Gasteiger partial charge in [-0.3, -0.25) is 0 Å². The Morgan fingerprint density at radius 3 is 2.48 bits per heavy atom. The molecule has 118 valence electrons. The predicted molar refractivity (Wildman–Crippen MR) is 81.6 cm³/mol. The van der Waals surface area contributed by atoms with E-state index in [4.69, 9.17) is 4.74 Å². The minimum atomic E-state index is -0.339. The number of hydrogen-bond donors (Lipinski definition) is 3. The van der Waals surface area contributed by atoms with Crippen LogP contribution in [-0.2, 0) is 0 Å². The highest BCUT2D eigenvalue weighted by atomic mass is 16.5. The monoisotopic (exact) mass is 295 g/mol. The Morgan fingerprint density at radius 2 is 1.86 bits per heavy atom.